The summed E-state index contributed by atoms with van der Waals surface area (Å²) in [6.07, 6.45) is -2.75. The number of halogens is 3. The predicted octanol–water partition coefficient (Wildman–Crippen LogP) is 3.57. The molecule has 0 spiro atoms. The molecule has 3 aromatic rings. The van der Waals surface area contributed by atoms with E-state index in [0.29, 0.717) is 22.1 Å². The molecule has 6 nitrogen and oxygen atoms in total. The van der Waals surface area contributed by atoms with Gasteiger partial charge in [0.1, 0.15) is 5.75 Å². The van der Waals surface area contributed by atoms with Crippen molar-refractivity contribution >= 4 is 39.7 Å². The van der Waals surface area contributed by atoms with E-state index >= 15 is 0 Å². The third-order valence-electron chi connectivity index (χ3n) is 3.38. The predicted molar refractivity (Wildman–Crippen MR) is 102 cm³/mol. The maximum Gasteiger partial charge on any atom is 0.422 e. The van der Waals surface area contributed by atoms with Crippen molar-refractivity contribution in [3.8, 4) is 5.75 Å². The lowest BCUT2D eigenvalue weighted by atomic mass is 10.3. The van der Waals surface area contributed by atoms with Crippen LogP contribution in [-0.4, -0.2) is 33.8 Å². The second-order valence-electron chi connectivity index (χ2n) is 5.61. The molecule has 0 aliphatic rings. The number of carbonyl (C=O) groups is 1. The van der Waals surface area contributed by atoms with Crippen molar-refractivity contribution in [2.24, 2.45) is 0 Å². The fourth-order valence-electron chi connectivity index (χ4n) is 2.21. The van der Waals surface area contributed by atoms with Gasteiger partial charge in [0, 0.05) is 29.1 Å². The molecular formula is C17H14F3N3O3S2. The Morgan fingerprint density at radius 2 is 2.04 bits per heavy atom. The van der Waals surface area contributed by atoms with Crippen LogP contribution >= 0.6 is 23.1 Å². The summed E-state index contributed by atoms with van der Waals surface area (Å²) in [5.41, 5.74) is 0.872. The van der Waals surface area contributed by atoms with Gasteiger partial charge >= 0.3 is 6.18 Å². The van der Waals surface area contributed by atoms with E-state index in [-0.39, 0.29) is 23.0 Å². The van der Waals surface area contributed by atoms with Gasteiger partial charge in [0.05, 0.1) is 11.4 Å². The van der Waals surface area contributed by atoms with Crippen LogP contribution in [0.15, 0.2) is 46.7 Å². The van der Waals surface area contributed by atoms with Gasteiger partial charge in [0.2, 0.25) is 5.91 Å². The van der Waals surface area contributed by atoms with Gasteiger partial charge in [-0.05, 0) is 24.3 Å². The van der Waals surface area contributed by atoms with Crippen LogP contribution in [0.5, 0.6) is 5.75 Å². The number of ether oxygens (including phenoxy) is 1. The van der Waals surface area contributed by atoms with Crippen LogP contribution < -0.4 is 15.6 Å². The summed E-state index contributed by atoms with van der Waals surface area (Å²) in [7, 11) is 0. The number of nitrogens with zero attached hydrogens (tertiary/aromatic N) is 2. The summed E-state index contributed by atoms with van der Waals surface area (Å²) in [6.45, 7) is -1.37. The van der Waals surface area contributed by atoms with Gasteiger partial charge in [-0.1, -0.05) is 0 Å². The Hall–Kier alpha value is -2.53. The second kappa shape index (κ2) is 8.65. The zero-order chi connectivity index (χ0) is 20.1. The van der Waals surface area contributed by atoms with E-state index in [0.717, 1.165) is 0 Å². The van der Waals surface area contributed by atoms with Gasteiger partial charge < -0.3 is 10.1 Å². The average Bonchev–Trinajstić information content (AvgIpc) is 3.10. The van der Waals surface area contributed by atoms with E-state index in [1.54, 1.807) is 11.6 Å². The molecule has 0 aliphatic carbocycles. The average molecular weight is 429 g/mol. The highest BCUT2D eigenvalue weighted by atomic mass is 32.2. The molecule has 28 heavy (non-hydrogen) atoms. The first-order valence-electron chi connectivity index (χ1n) is 7.93. The molecule has 1 amide bonds. The number of rotatable bonds is 7. The van der Waals surface area contributed by atoms with Crippen molar-refractivity contribution in [1.29, 1.82) is 0 Å². The third-order valence-corrected chi connectivity index (χ3v) is 5.10. The fraction of sp³-hybridized carbons (Fsp3) is 0.235. The molecule has 0 unspecified atom stereocenters. The highest BCUT2D eigenvalue weighted by molar-refractivity contribution is 7.99. The van der Waals surface area contributed by atoms with E-state index in [1.807, 2.05) is 0 Å². The highest BCUT2D eigenvalue weighted by Gasteiger charge is 2.28. The van der Waals surface area contributed by atoms with Crippen LogP contribution in [0.1, 0.15) is 5.69 Å². The highest BCUT2D eigenvalue weighted by Crippen LogP contribution is 2.20. The molecule has 3 rings (SSSR count). The van der Waals surface area contributed by atoms with Crippen LogP contribution in [0.2, 0.25) is 0 Å². The first-order chi connectivity index (χ1) is 13.3. The lowest BCUT2D eigenvalue weighted by molar-refractivity contribution is -0.153. The molecule has 0 aliphatic heterocycles. The van der Waals surface area contributed by atoms with Crippen molar-refractivity contribution < 1.29 is 22.7 Å². The molecule has 0 bridgehead atoms. The van der Waals surface area contributed by atoms with Crippen LogP contribution in [0, 0.1) is 0 Å². The maximum atomic E-state index is 12.1. The molecule has 0 atom stereocenters. The standard InChI is InChI=1S/C17H14F3N3O3S2/c18-17(19,20)10-26-13-3-1-11(2-4-13)21-14(24)9-27-8-12-7-15(25)23-5-6-28-16(23)22-12/h1-7H,8-10H2,(H,21,24). The Morgan fingerprint density at radius 1 is 1.29 bits per heavy atom. The lowest BCUT2D eigenvalue weighted by Crippen LogP contribution is -2.19. The molecule has 11 heteroatoms. The number of thioether (sulfide) groups is 1. The van der Waals surface area contributed by atoms with Gasteiger partial charge in [-0.3, -0.25) is 14.0 Å². The number of nitrogens with one attached hydrogen (secondary N) is 1. The van der Waals surface area contributed by atoms with E-state index < -0.39 is 12.8 Å². The molecular weight excluding hydrogens is 415 g/mol. The van der Waals surface area contributed by atoms with E-state index in [9.17, 15) is 22.8 Å². The first-order valence-corrected chi connectivity index (χ1v) is 9.96. The minimum absolute atomic E-state index is 0.0611. The Bertz CT molecular complexity index is 1020. The Labute approximate surface area is 165 Å². The van der Waals surface area contributed by atoms with Crippen molar-refractivity contribution in [3.63, 3.8) is 0 Å². The van der Waals surface area contributed by atoms with Gasteiger partial charge in [0.15, 0.2) is 11.6 Å². The summed E-state index contributed by atoms with van der Waals surface area (Å²) in [6, 6.07) is 7.05. The third kappa shape index (κ3) is 5.73. The number of carbonyl (C=O) groups excluding carboxylic acids is 1. The number of anilines is 1. The summed E-state index contributed by atoms with van der Waals surface area (Å²) in [5.74, 6) is 0.327. The topological polar surface area (TPSA) is 72.7 Å². The van der Waals surface area contributed by atoms with Gasteiger partial charge in [0.25, 0.3) is 5.56 Å². The summed E-state index contributed by atoms with van der Waals surface area (Å²) in [4.78, 5) is 28.8. The van der Waals surface area contributed by atoms with Gasteiger partial charge in [-0.2, -0.15) is 13.2 Å². The molecule has 2 heterocycles. The summed E-state index contributed by atoms with van der Waals surface area (Å²) in [5, 5.41) is 4.41. The SMILES string of the molecule is O=C(CSCc1cc(=O)n2ccsc2n1)Nc1ccc(OCC(F)(F)F)cc1. The van der Waals surface area contributed by atoms with Crippen molar-refractivity contribution in [2.75, 3.05) is 17.7 Å². The van der Waals surface area contributed by atoms with E-state index in [2.05, 4.69) is 15.0 Å². The van der Waals surface area contributed by atoms with Crippen LogP contribution in [-0.2, 0) is 10.5 Å². The normalized spacial score (nSPS) is 11.5. The molecule has 0 saturated carbocycles. The fourth-order valence-corrected chi connectivity index (χ4v) is 3.66. The number of amides is 1. The van der Waals surface area contributed by atoms with Crippen LogP contribution in [0.4, 0.5) is 18.9 Å². The molecule has 1 aromatic carbocycles. The number of hydrogen-bond acceptors (Lipinski definition) is 6. The lowest BCUT2D eigenvalue weighted by Gasteiger charge is -2.10. The quantitative estimate of drug-likeness (QED) is 0.622. The number of benzene rings is 1. The second-order valence-corrected chi connectivity index (χ2v) is 7.47. The zero-order valence-corrected chi connectivity index (χ0v) is 15.9. The number of hydrogen-bond donors (Lipinski definition) is 1. The minimum Gasteiger partial charge on any atom is -0.484 e. The zero-order valence-electron chi connectivity index (χ0n) is 14.2. The molecule has 2 aromatic heterocycles. The van der Waals surface area contributed by atoms with E-state index in [4.69, 9.17) is 0 Å². The molecule has 0 fully saturated rings. The van der Waals surface area contributed by atoms with E-state index in [1.165, 1.54) is 57.8 Å². The number of alkyl halides is 3. The number of thiazole rings is 1. The van der Waals surface area contributed by atoms with Gasteiger partial charge in [-0.25, -0.2) is 4.98 Å². The summed E-state index contributed by atoms with van der Waals surface area (Å²) >= 11 is 2.65. The Morgan fingerprint density at radius 3 is 2.75 bits per heavy atom. The number of fused-ring (bicyclic) bond motifs is 1. The smallest absolute Gasteiger partial charge is 0.422 e. The first kappa shape index (κ1) is 20.2. The minimum atomic E-state index is -4.40. The Balaban J connectivity index is 1.46. The molecule has 1 N–H and O–H groups in total. The molecule has 148 valence electrons. The summed E-state index contributed by atoms with van der Waals surface area (Å²) < 4.78 is 42.4. The molecule has 0 radical (unpaired) electrons. The van der Waals surface area contributed by atoms with Crippen LogP contribution in [0.3, 0.4) is 0 Å². The largest absolute Gasteiger partial charge is 0.484 e. The molecule has 0 saturated heterocycles. The van der Waals surface area contributed by atoms with Crippen molar-refractivity contribution in [3.05, 3.63) is 58.0 Å². The Kier molecular flexibility index (Phi) is 6.25. The maximum absolute atomic E-state index is 12.1. The monoisotopic (exact) mass is 429 g/mol. The van der Waals surface area contributed by atoms with Crippen LogP contribution in [0.25, 0.3) is 4.96 Å². The van der Waals surface area contributed by atoms with Crippen molar-refractivity contribution in [1.82, 2.24) is 9.38 Å². The number of aromatic nitrogens is 2. The van der Waals surface area contributed by atoms with Crippen molar-refractivity contribution in [2.45, 2.75) is 11.9 Å². The van der Waals surface area contributed by atoms with Gasteiger partial charge in [-0.15, -0.1) is 23.1 Å².